The van der Waals surface area contributed by atoms with Gasteiger partial charge in [0.25, 0.3) is 0 Å². The standard InChI is InChI=1S/C56H70O11P2/c1-31(2)33-20-21-38-32(3)52(57)67-68(62-47(38)22-33)63-48-39(23-34(58-16)27-43(48)53(4,5)6)40-24-35(59-17)28-44(54(7,8)9)49(40)64-69-65-50-41(25-36(60-18)29-45(50)55(10,11)12)42-26-37(61-19)30-46(51(42)66-69)56(13,14)15/h20-32H,1-19H3. The lowest BCUT2D eigenvalue weighted by Crippen LogP contribution is -2.16. The SMILES string of the molecule is COc1cc(-c2cc(OC)cc(C(C)(C)C)c2Op2oc3c(C(C)(C)C)cc(OC)cc3c3cc(OC)cc(C(C)(C)C)c3o2)c(OP2OC(=O)C(C)c3ccc(C(C)C)cc3O2)c(C(C)(C)C)c1. The number of hydrogen-bond donors (Lipinski definition) is 0. The number of fused-ring (bicyclic) bond motifs is 4. The summed E-state index contributed by atoms with van der Waals surface area (Å²) in [6.07, 6.45) is 0. The molecule has 0 bridgehead atoms. The van der Waals surface area contributed by atoms with Crippen LogP contribution in [-0.2, 0) is 31.0 Å². The highest BCUT2D eigenvalue weighted by molar-refractivity contribution is 7.43. The minimum absolute atomic E-state index is 0.223. The van der Waals surface area contributed by atoms with Crippen LogP contribution in [0.25, 0.3) is 33.1 Å². The summed E-state index contributed by atoms with van der Waals surface area (Å²) in [6, 6.07) is 21.7. The maximum Gasteiger partial charge on any atom is 0.532 e. The molecule has 13 heteroatoms. The number of carbonyl (C=O) groups is 1. The van der Waals surface area contributed by atoms with Crippen molar-refractivity contribution in [2.75, 3.05) is 28.4 Å². The van der Waals surface area contributed by atoms with Gasteiger partial charge in [0, 0.05) is 49.7 Å². The second-order valence-corrected chi connectivity index (χ2v) is 24.2. The highest BCUT2D eigenvalue weighted by Crippen LogP contribution is 2.57. The van der Waals surface area contributed by atoms with Crippen molar-refractivity contribution in [1.29, 1.82) is 0 Å². The first-order valence-electron chi connectivity index (χ1n) is 23.4. The molecule has 0 radical (unpaired) electrons. The van der Waals surface area contributed by atoms with E-state index in [4.69, 9.17) is 45.4 Å². The Kier molecular flexibility index (Phi) is 14.2. The molecule has 1 aliphatic rings. The van der Waals surface area contributed by atoms with E-state index in [0.29, 0.717) is 62.5 Å². The van der Waals surface area contributed by atoms with Gasteiger partial charge in [-0.05, 0) is 94.7 Å². The summed E-state index contributed by atoms with van der Waals surface area (Å²) in [5.74, 6) is 3.14. The summed E-state index contributed by atoms with van der Waals surface area (Å²) in [4.78, 5) is 13.8. The maximum absolute atomic E-state index is 13.8. The van der Waals surface area contributed by atoms with Crippen molar-refractivity contribution in [2.24, 2.45) is 0 Å². The fraction of sp³-hybridized carbons (Fsp3) is 0.446. The van der Waals surface area contributed by atoms with Gasteiger partial charge in [0.05, 0.1) is 34.4 Å². The van der Waals surface area contributed by atoms with Gasteiger partial charge in [-0.25, -0.2) is 0 Å². The molecule has 1 aromatic heterocycles. The molecule has 5 aromatic carbocycles. The van der Waals surface area contributed by atoms with Crippen molar-refractivity contribution in [2.45, 2.75) is 137 Å². The lowest BCUT2D eigenvalue weighted by atomic mass is 9.81. The Hall–Kier alpha value is -5.50. The lowest BCUT2D eigenvalue weighted by molar-refractivity contribution is -0.135. The van der Waals surface area contributed by atoms with E-state index < -0.39 is 50.4 Å². The van der Waals surface area contributed by atoms with Gasteiger partial charge < -0.3 is 45.4 Å². The van der Waals surface area contributed by atoms with Gasteiger partial charge in [0.2, 0.25) is 0 Å². The second kappa shape index (κ2) is 19.0. The maximum atomic E-state index is 13.8. The van der Waals surface area contributed by atoms with Gasteiger partial charge in [-0.2, -0.15) is 0 Å². The van der Waals surface area contributed by atoms with Crippen LogP contribution in [0.4, 0.5) is 0 Å². The summed E-state index contributed by atoms with van der Waals surface area (Å²) < 4.78 is 65.6. The molecule has 0 saturated carbocycles. The van der Waals surface area contributed by atoms with Crippen molar-refractivity contribution >= 4 is 44.8 Å². The molecule has 0 fully saturated rings. The van der Waals surface area contributed by atoms with Crippen LogP contribution in [0, 0.1) is 0 Å². The zero-order valence-corrected chi connectivity index (χ0v) is 45.7. The third kappa shape index (κ3) is 10.5. The van der Waals surface area contributed by atoms with Gasteiger partial charge in [0.1, 0.15) is 51.4 Å². The molecule has 2 atom stereocenters. The van der Waals surface area contributed by atoms with Crippen LogP contribution < -0.4 is 32.5 Å². The molecule has 370 valence electrons. The monoisotopic (exact) mass is 980 g/mol. The van der Waals surface area contributed by atoms with E-state index in [1.165, 1.54) is 0 Å². The van der Waals surface area contributed by atoms with Gasteiger partial charge in [0.15, 0.2) is 0 Å². The second-order valence-electron chi connectivity index (χ2n) is 22.2. The Morgan fingerprint density at radius 1 is 0.522 bits per heavy atom. The van der Waals surface area contributed by atoms with Crippen molar-refractivity contribution in [1.82, 2.24) is 0 Å². The van der Waals surface area contributed by atoms with Crippen LogP contribution in [0.2, 0.25) is 0 Å². The van der Waals surface area contributed by atoms with E-state index >= 15 is 0 Å². The topological polar surface area (TPSA) is 117 Å². The molecule has 2 unspecified atom stereocenters. The van der Waals surface area contributed by atoms with Crippen LogP contribution in [0.5, 0.6) is 40.2 Å². The third-order valence-corrected chi connectivity index (χ3v) is 14.5. The van der Waals surface area contributed by atoms with Crippen LogP contribution >= 0.6 is 16.8 Å². The van der Waals surface area contributed by atoms with Crippen LogP contribution in [0.15, 0.2) is 75.1 Å². The quantitative estimate of drug-likeness (QED) is 0.122. The Labute approximate surface area is 410 Å². The van der Waals surface area contributed by atoms with E-state index in [0.717, 1.165) is 44.2 Å². The van der Waals surface area contributed by atoms with E-state index in [1.807, 2.05) is 73.7 Å². The number of carbonyl (C=O) groups excluding carboxylic acids is 1. The Morgan fingerprint density at radius 3 is 1.33 bits per heavy atom. The van der Waals surface area contributed by atoms with Crippen molar-refractivity contribution in [3.8, 4) is 51.4 Å². The van der Waals surface area contributed by atoms with Crippen LogP contribution in [0.1, 0.15) is 149 Å². The summed E-state index contributed by atoms with van der Waals surface area (Å²) in [6.45, 7) is 31.6. The summed E-state index contributed by atoms with van der Waals surface area (Å²) in [5.41, 5.74) is 5.78. The zero-order chi connectivity index (χ0) is 50.7. The van der Waals surface area contributed by atoms with Crippen molar-refractivity contribution < 1.29 is 50.2 Å². The van der Waals surface area contributed by atoms with Crippen molar-refractivity contribution in [3.63, 3.8) is 0 Å². The van der Waals surface area contributed by atoms with Crippen molar-refractivity contribution in [3.05, 3.63) is 100 Å². The molecule has 0 saturated heterocycles. The third-order valence-electron chi connectivity index (χ3n) is 12.5. The molecular weight excluding hydrogens is 911 g/mol. The number of hydrogen-bond acceptors (Lipinski definition) is 11. The minimum Gasteiger partial charge on any atom is -0.497 e. The first-order chi connectivity index (χ1) is 32.2. The highest BCUT2D eigenvalue weighted by atomic mass is 31.2. The van der Waals surface area contributed by atoms with Gasteiger partial charge in [-0.15, -0.1) is 0 Å². The first kappa shape index (κ1) is 51.4. The molecular formula is C56H70O11P2. The Bertz CT molecular complexity index is 2870. The molecule has 69 heavy (non-hydrogen) atoms. The van der Waals surface area contributed by atoms with Gasteiger partial charge in [-0.3, -0.25) is 4.79 Å². The lowest BCUT2D eigenvalue weighted by Gasteiger charge is -2.29. The number of benzene rings is 5. The fourth-order valence-electron chi connectivity index (χ4n) is 8.42. The van der Waals surface area contributed by atoms with E-state index in [1.54, 1.807) is 28.4 Å². The number of rotatable bonds is 10. The average Bonchev–Trinajstić information content (AvgIpc) is 3.49. The van der Waals surface area contributed by atoms with Gasteiger partial charge in [-0.1, -0.05) is 109 Å². The minimum atomic E-state index is -2.34. The molecule has 0 amide bonds. The molecule has 0 N–H and O–H groups in total. The molecule has 6 aromatic rings. The van der Waals surface area contributed by atoms with Crippen LogP contribution in [-0.4, -0.2) is 34.4 Å². The summed E-state index contributed by atoms with van der Waals surface area (Å²) in [5, 5.41) is 1.57. The molecule has 2 heterocycles. The predicted molar refractivity (Wildman–Crippen MR) is 278 cm³/mol. The Morgan fingerprint density at radius 2 is 0.928 bits per heavy atom. The van der Waals surface area contributed by atoms with E-state index in [-0.39, 0.29) is 5.92 Å². The average molecular weight is 981 g/mol. The summed E-state index contributed by atoms with van der Waals surface area (Å²) in [7, 11) is 1.98. The molecule has 7 rings (SSSR count). The smallest absolute Gasteiger partial charge is 0.497 e. The Balaban J connectivity index is 1.59. The normalized spacial score (nSPS) is 15.6. The first-order valence-corrected chi connectivity index (χ1v) is 25.6. The largest absolute Gasteiger partial charge is 0.532 e. The molecule has 0 spiro atoms. The predicted octanol–water partition coefficient (Wildman–Crippen LogP) is 16.5. The molecule has 1 aliphatic heterocycles. The molecule has 0 aliphatic carbocycles. The number of ether oxygens (including phenoxy) is 4. The zero-order valence-electron chi connectivity index (χ0n) is 43.9. The number of methoxy groups -OCH3 is 4. The van der Waals surface area contributed by atoms with E-state index in [9.17, 15) is 4.79 Å². The fourth-order valence-corrected chi connectivity index (χ4v) is 10.6. The van der Waals surface area contributed by atoms with E-state index in [2.05, 4.69) is 96.9 Å². The van der Waals surface area contributed by atoms with Crippen LogP contribution in [0.3, 0.4) is 0 Å². The highest BCUT2D eigenvalue weighted by Gasteiger charge is 2.38. The van der Waals surface area contributed by atoms with Gasteiger partial charge >= 0.3 is 22.8 Å². The summed E-state index contributed by atoms with van der Waals surface area (Å²) >= 11 is 0. The molecule has 11 nitrogen and oxygen atoms in total.